The topological polar surface area (TPSA) is 66.9 Å². The second-order valence-corrected chi connectivity index (χ2v) is 5.62. The van der Waals surface area contributed by atoms with Gasteiger partial charge in [-0.05, 0) is 38.0 Å². The van der Waals surface area contributed by atoms with Crippen LogP contribution in [-0.2, 0) is 9.59 Å². The van der Waals surface area contributed by atoms with Crippen LogP contribution in [0.1, 0.15) is 30.1 Å². The zero-order chi connectivity index (χ0) is 15.7. The zero-order valence-electron chi connectivity index (χ0n) is 12.4. The number of rotatable bonds is 3. The van der Waals surface area contributed by atoms with Gasteiger partial charge in [-0.1, -0.05) is 0 Å². The van der Waals surface area contributed by atoms with E-state index in [1.807, 2.05) is 0 Å². The molecule has 0 aromatic heterocycles. The van der Waals surface area contributed by atoms with E-state index in [4.69, 9.17) is 4.74 Å². The van der Waals surface area contributed by atoms with Crippen LogP contribution in [0.4, 0.5) is 5.69 Å². The molecule has 6 heteroatoms. The Kier molecular flexibility index (Phi) is 3.83. The Bertz CT molecular complexity index is 623. The van der Waals surface area contributed by atoms with Gasteiger partial charge in [0.25, 0.3) is 5.91 Å². The lowest BCUT2D eigenvalue weighted by Crippen LogP contribution is -2.49. The number of carbonyl (C=O) groups excluding carboxylic acids is 3. The second kappa shape index (κ2) is 5.79. The van der Waals surface area contributed by atoms with Crippen molar-refractivity contribution in [1.82, 2.24) is 4.90 Å². The highest BCUT2D eigenvalue weighted by molar-refractivity contribution is 6.04. The van der Waals surface area contributed by atoms with Crippen molar-refractivity contribution in [3.63, 3.8) is 0 Å². The van der Waals surface area contributed by atoms with Gasteiger partial charge >= 0.3 is 0 Å². The molecule has 1 fully saturated rings. The number of ether oxygens (including phenoxy) is 1. The number of hydrogen-bond acceptors (Lipinski definition) is 4. The Morgan fingerprint density at radius 3 is 2.77 bits per heavy atom. The van der Waals surface area contributed by atoms with Gasteiger partial charge < -0.3 is 9.64 Å². The molecule has 2 amide bonds. The fourth-order valence-corrected chi connectivity index (χ4v) is 2.86. The Labute approximate surface area is 128 Å². The molecule has 0 saturated carbocycles. The molecular formula is C16H18N2O4. The van der Waals surface area contributed by atoms with Crippen molar-refractivity contribution >= 4 is 23.8 Å². The molecule has 1 saturated heterocycles. The highest BCUT2D eigenvalue weighted by atomic mass is 16.5. The number of likely N-dealkylation sites (tertiary alicyclic amines) is 1. The zero-order valence-corrected chi connectivity index (χ0v) is 12.4. The second-order valence-electron chi connectivity index (χ2n) is 5.62. The van der Waals surface area contributed by atoms with Gasteiger partial charge in [-0.2, -0.15) is 0 Å². The standard InChI is InChI=1S/C16H18N2O4/c1-11-16(21)18(9-15(20)17-6-2-3-7-17)13-8-12(10-19)4-5-14(13)22-11/h4-5,8,10-11H,2-3,6-7,9H2,1H3. The normalized spacial score (nSPS) is 20.6. The molecule has 2 aliphatic heterocycles. The lowest BCUT2D eigenvalue weighted by Gasteiger charge is -2.33. The lowest BCUT2D eigenvalue weighted by atomic mass is 10.1. The smallest absolute Gasteiger partial charge is 0.268 e. The van der Waals surface area contributed by atoms with Crippen molar-refractivity contribution in [2.24, 2.45) is 0 Å². The van der Waals surface area contributed by atoms with E-state index in [9.17, 15) is 14.4 Å². The molecule has 1 atom stereocenters. The van der Waals surface area contributed by atoms with Gasteiger partial charge in [0.05, 0.1) is 5.69 Å². The van der Waals surface area contributed by atoms with E-state index in [1.54, 1.807) is 30.0 Å². The molecule has 116 valence electrons. The Morgan fingerprint density at radius 1 is 1.36 bits per heavy atom. The third-order valence-electron chi connectivity index (χ3n) is 4.08. The molecule has 0 bridgehead atoms. The fraction of sp³-hybridized carbons (Fsp3) is 0.438. The molecule has 1 aromatic rings. The van der Waals surface area contributed by atoms with Crippen LogP contribution in [0.3, 0.4) is 0 Å². The lowest BCUT2D eigenvalue weighted by molar-refractivity contribution is -0.132. The van der Waals surface area contributed by atoms with Crippen LogP contribution in [0.25, 0.3) is 0 Å². The van der Waals surface area contributed by atoms with E-state index in [0.29, 0.717) is 23.3 Å². The van der Waals surface area contributed by atoms with Crippen LogP contribution in [0, 0.1) is 0 Å². The molecule has 6 nitrogen and oxygen atoms in total. The number of fused-ring (bicyclic) bond motifs is 1. The predicted octanol–water partition coefficient (Wildman–Crippen LogP) is 1.24. The number of aldehydes is 1. The molecular weight excluding hydrogens is 284 g/mol. The van der Waals surface area contributed by atoms with E-state index in [0.717, 1.165) is 25.9 Å². The molecule has 0 spiro atoms. The van der Waals surface area contributed by atoms with Gasteiger partial charge in [-0.25, -0.2) is 0 Å². The summed E-state index contributed by atoms with van der Waals surface area (Å²) < 4.78 is 5.55. The third kappa shape index (κ3) is 2.56. The van der Waals surface area contributed by atoms with Crippen molar-refractivity contribution in [2.45, 2.75) is 25.9 Å². The predicted molar refractivity (Wildman–Crippen MR) is 80.1 cm³/mol. The first-order valence-electron chi connectivity index (χ1n) is 7.45. The minimum atomic E-state index is -0.638. The largest absolute Gasteiger partial charge is 0.479 e. The van der Waals surface area contributed by atoms with Gasteiger partial charge in [0.15, 0.2) is 6.10 Å². The summed E-state index contributed by atoms with van der Waals surface area (Å²) in [6.45, 7) is 3.14. The highest BCUT2D eigenvalue weighted by Crippen LogP contribution is 2.34. The molecule has 22 heavy (non-hydrogen) atoms. The minimum absolute atomic E-state index is 0.0121. The Morgan fingerprint density at radius 2 is 2.09 bits per heavy atom. The number of hydrogen-bond donors (Lipinski definition) is 0. The molecule has 0 radical (unpaired) electrons. The fourth-order valence-electron chi connectivity index (χ4n) is 2.86. The van der Waals surface area contributed by atoms with Crippen LogP contribution in [0.15, 0.2) is 18.2 Å². The molecule has 0 N–H and O–H groups in total. The van der Waals surface area contributed by atoms with Crippen LogP contribution < -0.4 is 9.64 Å². The summed E-state index contributed by atoms with van der Waals surface area (Å²) in [7, 11) is 0. The maximum atomic E-state index is 12.4. The van der Waals surface area contributed by atoms with Gasteiger partial charge in [0, 0.05) is 18.7 Å². The van der Waals surface area contributed by atoms with E-state index >= 15 is 0 Å². The van der Waals surface area contributed by atoms with Crippen molar-refractivity contribution < 1.29 is 19.1 Å². The number of anilines is 1. The summed E-state index contributed by atoms with van der Waals surface area (Å²) in [6, 6.07) is 4.88. The molecule has 2 aliphatic rings. The number of benzene rings is 1. The van der Waals surface area contributed by atoms with Gasteiger partial charge in [-0.15, -0.1) is 0 Å². The monoisotopic (exact) mass is 302 g/mol. The van der Waals surface area contributed by atoms with Crippen molar-refractivity contribution in [3.05, 3.63) is 23.8 Å². The maximum Gasteiger partial charge on any atom is 0.268 e. The Balaban J connectivity index is 1.89. The van der Waals surface area contributed by atoms with E-state index < -0.39 is 6.10 Å². The summed E-state index contributed by atoms with van der Waals surface area (Å²) in [4.78, 5) is 38.9. The van der Waals surface area contributed by atoms with Crippen molar-refractivity contribution in [2.75, 3.05) is 24.5 Å². The van der Waals surface area contributed by atoms with Crippen molar-refractivity contribution in [3.8, 4) is 5.75 Å². The van der Waals surface area contributed by atoms with Gasteiger partial charge in [0.2, 0.25) is 5.91 Å². The molecule has 1 aromatic carbocycles. The quantitative estimate of drug-likeness (QED) is 0.788. The molecule has 2 heterocycles. The average Bonchev–Trinajstić information content (AvgIpc) is 3.06. The molecule has 1 unspecified atom stereocenters. The van der Waals surface area contributed by atoms with E-state index in [1.165, 1.54) is 4.90 Å². The third-order valence-corrected chi connectivity index (χ3v) is 4.08. The summed E-state index contributed by atoms with van der Waals surface area (Å²) in [5.74, 6) is 0.192. The summed E-state index contributed by atoms with van der Waals surface area (Å²) in [5, 5.41) is 0. The summed E-state index contributed by atoms with van der Waals surface area (Å²) in [6.07, 6.45) is 2.08. The Hall–Kier alpha value is -2.37. The number of carbonyl (C=O) groups is 3. The molecule has 0 aliphatic carbocycles. The van der Waals surface area contributed by atoms with E-state index in [2.05, 4.69) is 0 Å². The first-order chi connectivity index (χ1) is 10.6. The first kappa shape index (κ1) is 14.6. The van der Waals surface area contributed by atoms with E-state index in [-0.39, 0.29) is 18.4 Å². The van der Waals surface area contributed by atoms with Crippen LogP contribution in [0.2, 0.25) is 0 Å². The van der Waals surface area contributed by atoms with Gasteiger partial charge in [0.1, 0.15) is 18.6 Å². The number of nitrogens with zero attached hydrogens (tertiary/aromatic N) is 2. The maximum absolute atomic E-state index is 12.4. The van der Waals surface area contributed by atoms with Crippen LogP contribution in [-0.4, -0.2) is 48.7 Å². The average molecular weight is 302 g/mol. The SMILES string of the molecule is CC1Oc2ccc(C=O)cc2N(CC(=O)N2CCCC2)C1=O. The minimum Gasteiger partial charge on any atom is -0.479 e. The summed E-state index contributed by atoms with van der Waals surface area (Å²) >= 11 is 0. The summed E-state index contributed by atoms with van der Waals surface area (Å²) in [5.41, 5.74) is 0.934. The van der Waals surface area contributed by atoms with Gasteiger partial charge in [-0.3, -0.25) is 19.3 Å². The first-order valence-corrected chi connectivity index (χ1v) is 7.45. The highest BCUT2D eigenvalue weighted by Gasteiger charge is 2.34. The van der Waals surface area contributed by atoms with Crippen LogP contribution in [0.5, 0.6) is 5.75 Å². The molecule has 3 rings (SSSR count). The van der Waals surface area contributed by atoms with Crippen molar-refractivity contribution in [1.29, 1.82) is 0 Å². The van der Waals surface area contributed by atoms with Crippen LogP contribution >= 0.6 is 0 Å². The number of amides is 2.